The SMILES string of the molecule is O=C(C/C=C/c1ccccc1)N[C@H]1CO[C@H]2[C@@H]1OC[C@@H]2NC(=O)C1CC1. The van der Waals surface area contributed by atoms with Crippen molar-refractivity contribution in [3.8, 4) is 0 Å². The summed E-state index contributed by atoms with van der Waals surface area (Å²) in [4.78, 5) is 24.1. The standard InChI is InChI=1S/C20H24N2O4/c23-17(8-4-7-13-5-2-1-3-6-13)21-15-11-25-19-16(12-26-18(15)19)22-20(24)14-9-10-14/h1-7,14-16,18-19H,8-12H2,(H,21,23)(H,22,24)/b7-4+/t15-,16-,18+,19+/m0/s1. The first-order valence-electron chi connectivity index (χ1n) is 9.25. The van der Waals surface area contributed by atoms with Gasteiger partial charge in [-0.15, -0.1) is 0 Å². The molecule has 2 N–H and O–H groups in total. The average Bonchev–Trinajstić information content (AvgIpc) is 3.32. The zero-order valence-corrected chi connectivity index (χ0v) is 14.6. The molecule has 3 aliphatic rings. The van der Waals surface area contributed by atoms with Gasteiger partial charge in [-0.05, 0) is 18.4 Å². The molecule has 3 fully saturated rings. The molecule has 6 heteroatoms. The van der Waals surface area contributed by atoms with Crippen molar-refractivity contribution < 1.29 is 19.1 Å². The maximum absolute atomic E-state index is 12.2. The highest BCUT2D eigenvalue weighted by atomic mass is 16.6. The van der Waals surface area contributed by atoms with E-state index in [0.29, 0.717) is 19.6 Å². The molecule has 2 aliphatic heterocycles. The first-order valence-corrected chi connectivity index (χ1v) is 9.25. The smallest absolute Gasteiger partial charge is 0.224 e. The van der Waals surface area contributed by atoms with Crippen LogP contribution < -0.4 is 10.6 Å². The molecule has 138 valence electrons. The van der Waals surface area contributed by atoms with E-state index in [-0.39, 0.29) is 42.0 Å². The predicted octanol–water partition coefficient (Wildman–Crippen LogP) is 1.27. The quantitative estimate of drug-likeness (QED) is 0.805. The van der Waals surface area contributed by atoms with Gasteiger partial charge >= 0.3 is 0 Å². The number of amides is 2. The summed E-state index contributed by atoms with van der Waals surface area (Å²) in [5, 5.41) is 6.02. The fourth-order valence-electron chi connectivity index (χ4n) is 3.52. The molecule has 2 amide bonds. The monoisotopic (exact) mass is 356 g/mol. The molecule has 0 radical (unpaired) electrons. The van der Waals surface area contributed by atoms with Crippen molar-refractivity contribution in [2.75, 3.05) is 13.2 Å². The Hall–Kier alpha value is -2.18. The molecule has 26 heavy (non-hydrogen) atoms. The van der Waals surface area contributed by atoms with Crippen LogP contribution in [-0.4, -0.2) is 49.3 Å². The van der Waals surface area contributed by atoms with Crippen LogP contribution in [0.3, 0.4) is 0 Å². The first kappa shape index (κ1) is 17.2. The van der Waals surface area contributed by atoms with Crippen LogP contribution in [0.5, 0.6) is 0 Å². The second-order valence-electron chi connectivity index (χ2n) is 7.18. The van der Waals surface area contributed by atoms with E-state index < -0.39 is 0 Å². The average molecular weight is 356 g/mol. The lowest BCUT2D eigenvalue weighted by Gasteiger charge is -2.18. The van der Waals surface area contributed by atoms with Crippen LogP contribution in [0.1, 0.15) is 24.8 Å². The molecule has 1 aromatic carbocycles. The van der Waals surface area contributed by atoms with Gasteiger partial charge in [0.1, 0.15) is 12.2 Å². The Kier molecular flexibility index (Phi) is 5.04. The lowest BCUT2D eigenvalue weighted by atomic mass is 10.1. The molecule has 1 saturated carbocycles. The summed E-state index contributed by atoms with van der Waals surface area (Å²) in [6, 6.07) is 9.59. The Balaban J connectivity index is 1.25. The first-order chi connectivity index (χ1) is 12.7. The lowest BCUT2D eigenvalue weighted by molar-refractivity contribution is -0.123. The number of carbonyl (C=O) groups excluding carboxylic acids is 2. The van der Waals surface area contributed by atoms with Crippen LogP contribution in [-0.2, 0) is 19.1 Å². The summed E-state index contributed by atoms with van der Waals surface area (Å²) >= 11 is 0. The van der Waals surface area contributed by atoms with Crippen molar-refractivity contribution in [2.24, 2.45) is 5.92 Å². The molecule has 0 unspecified atom stereocenters. The third-order valence-electron chi connectivity index (χ3n) is 5.09. The van der Waals surface area contributed by atoms with Crippen molar-refractivity contribution >= 4 is 17.9 Å². The largest absolute Gasteiger partial charge is 0.371 e. The van der Waals surface area contributed by atoms with Crippen LogP contribution in [0, 0.1) is 5.92 Å². The topological polar surface area (TPSA) is 76.7 Å². The van der Waals surface area contributed by atoms with Crippen LogP contribution >= 0.6 is 0 Å². The fraction of sp³-hybridized carbons (Fsp3) is 0.500. The minimum absolute atomic E-state index is 0.0551. The van der Waals surface area contributed by atoms with Gasteiger partial charge in [0, 0.05) is 12.3 Å². The van der Waals surface area contributed by atoms with Gasteiger partial charge < -0.3 is 20.1 Å². The molecule has 1 aliphatic carbocycles. The van der Waals surface area contributed by atoms with Gasteiger partial charge in [0.25, 0.3) is 0 Å². The van der Waals surface area contributed by atoms with Crippen molar-refractivity contribution in [3.05, 3.63) is 42.0 Å². The zero-order valence-electron chi connectivity index (χ0n) is 14.6. The van der Waals surface area contributed by atoms with Crippen LogP contribution in [0.4, 0.5) is 0 Å². The summed E-state index contributed by atoms with van der Waals surface area (Å²) in [6.45, 7) is 0.855. The van der Waals surface area contributed by atoms with Crippen molar-refractivity contribution in [1.29, 1.82) is 0 Å². The van der Waals surface area contributed by atoms with E-state index in [0.717, 1.165) is 18.4 Å². The van der Waals surface area contributed by atoms with E-state index in [1.165, 1.54) is 0 Å². The van der Waals surface area contributed by atoms with Crippen LogP contribution in [0.2, 0.25) is 0 Å². The van der Waals surface area contributed by atoms with Gasteiger partial charge in [-0.2, -0.15) is 0 Å². The third kappa shape index (κ3) is 3.97. The van der Waals surface area contributed by atoms with Crippen molar-refractivity contribution in [1.82, 2.24) is 10.6 Å². The van der Waals surface area contributed by atoms with E-state index in [1.807, 2.05) is 42.5 Å². The van der Waals surface area contributed by atoms with Gasteiger partial charge in [0.05, 0.1) is 25.3 Å². The number of hydrogen-bond donors (Lipinski definition) is 2. The molecule has 2 heterocycles. The Morgan fingerprint density at radius 2 is 1.65 bits per heavy atom. The Morgan fingerprint density at radius 1 is 1.00 bits per heavy atom. The maximum atomic E-state index is 12.2. The van der Waals surface area contributed by atoms with Gasteiger partial charge in [0.15, 0.2) is 0 Å². The van der Waals surface area contributed by atoms with E-state index in [9.17, 15) is 9.59 Å². The summed E-state index contributed by atoms with van der Waals surface area (Å²) in [7, 11) is 0. The summed E-state index contributed by atoms with van der Waals surface area (Å²) in [5.41, 5.74) is 1.07. The molecule has 2 saturated heterocycles. The molecule has 4 rings (SSSR count). The number of ether oxygens (including phenoxy) is 2. The van der Waals surface area contributed by atoms with Gasteiger partial charge in [-0.25, -0.2) is 0 Å². The molecule has 4 atom stereocenters. The summed E-state index contributed by atoms with van der Waals surface area (Å²) < 4.78 is 11.6. The number of rotatable bonds is 6. The van der Waals surface area contributed by atoms with Gasteiger partial charge in [-0.1, -0.05) is 42.5 Å². The highest BCUT2D eigenvalue weighted by Crippen LogP contribution is 2.31. The van der Waals surface area contributed by atoms with E-state index in [4.69, 9.17) is 9.47 Å². The lowest BCUT2D eigenvalue weighted by Crippen LogP contribution is -2.47. The third-order valence-corrected chi connectivity index (χ3v) is 5.09. The molecule has 1 aromatic rings. The predicted molar refractivity (Wildman–Crippen MR) is 96.2 cm³/mol. The Morgan fingerprint density at radius 3 is 2.31 bits per heavy atom. The highest BCUT2D eigenvalue weighted by molar-refractivity contribution is 5.81. The second-order valence-corrected chi connectivity index (χ2v) is 7.18. The number of nitrogens with one attached hydrogen (secondary N) is 2. The van der Waals surface area contributed by atoms with Crippen LogP contribution in [0.25, 0.3) is 6.08 Å². The summed E-state index contributed by atoms with van der Waals surface area (Å²) in [6.07, 6.45) is 5.68. The number of fused-ring (bicyclic) bond motifs is 1. The molecule has 0 spiro atoms. The molecular formula is C20H24N2O4. The van der Waals surface area contributed by atoms with E-state index in [2.05, 4.69) is 10.6 Å². The Labute approximate surface area is 152 Å². The van der Waals surface area contributed by atoms with E-state index in [1.54, 1.807) is 0 Å². The number of carbonyl (C=O) groups is 2. The number of hydrogen-bond acceptors (Lipinski definition) is 4. The second kappa shape index (κ2) is 7.60. The normalized spacial score (nSPS) is 30.3. The zero-order chi connectivity index (χ0) is 17.9. The van der Waals surface area contributed by atoms with Crippen molar-refractivity contribution in [2.45, 2.75) is 43.6 Å². The molecule has 0 aromatic heterocycles. The maximum Gasteiger partial charge on any atom is 0.224 e. The van der Waals surface area contributed by atoms with Gasteiger partial charge in [0.2, 0.25) is 11.8 Å². The van der Waals surface area contributed by atoms with Gasteiger partial charge in [-0.3, -0.25) is 9.59 Å². The highest BCUT2D eigenvalue weighted by Gasteiger charge is 2.49. The molecule has 6 nitrogen and oxygen atoms in total. The Bertz CT molecular complexity index is 686. The summed E-state index contributed by atoms with van der Waals surface area (Å²) in [5.74, 6) is 0.212. The van der Waals surface area contributed by atoms with Crippen molar-refractivity contribution in [3.63, 3.8) is 0 Å². The minimum Gasteiger partial charge on any atom is -0.371 e. The van der Waals surface area contributed by atoms with Crippen LogP contribution in [0.15, 0.2) is 36.4 Å². The van der Waals surface area contributed by atoms with E-state index >= 15 is 0 Å². The fourth-order valence-corrected chi connectivity index (χ4v) is 3.52. The molecular weight excluding hydrogens is 332 g/mol. The minimum atomic E-state index is -0.193. The molecule has 0 bridgehead atoms. The number of benzene rings is 1.